The molecular formula is C37H50ClN7O7. The Bertz CT molecular complexity index is 1720. The minimum atomic E-state index is -0.812. The van der Waals surface area contributed by atoms with Crippen molar-refractivity contribution < 1.29 is 33.4 Å². The number of ether oxygens (including phenoxy) is 3. The molecule has 0 radical (unpaired) electrons. The topological polar surface area (TPSA) is 166 Å². The van der Waals surface area contributed by atoms with E-state index in [1.807, 2.05) is 32.9 Å². The standard InChI is InChI=1S/C37H50ClN7O7/c1-7-23(3)34-36(48)40-24(4)35-41-31(20-25-12-14-29(50-5)30(19-25)51-6)43-45(35)22-33(47)39-16-10-18-44(17-9-11-32(46)42-34)37(49)26-13-15-28(52-8-2)27(38)21-26/h12-15,19,21,23-24,34H,7-11,16-18,20,22H2,1-6H3,(H,39,47)(H,40,48)(H,42,46)/t23-,24+,34-/m0/s1. The number of rotatable bonds is 9. The molecule has 4 amide bonds. The molecule has 0 saturated heterocycles. The first-order valence-electron chi connectivity index (χ1n) is 17.7. The van der Waals surface area contributed by atoms with Gasteiger partial charge in [-0.1, -0.05) is 37.9 Å². The van der Waals surface area contributed by atoms with Crippen molar-refractivity contribution in [2.45, 2.75) is 78.4 Å². The molecule has 52 heavy (non-hydrogen) atoms. The smallest absolute Gasteiger partial charge is 0.253 e. The fourth-order valence-corrected chi connectivity index (χ4v) is 6.16. The van der Waals surface area contributed by atoms with Crippen LogP contribution in [0.3, 0.4) is 0 Å². The van der Waals surface area contributed by atoms with Gasteiger partial charge in [0.2, 0.25) is 17.7 Å². The summed E-state index contributed by atoms with van der Waals surface area (Å²) < 4.78 is 17.8. The zero-order chi connectivity index (χ0) is 37.8. The average molecular weight is 740 g/mol. The van der Waals surface area contributed by atoms with Crippen LogP contribution < -0.4 is 30.2 Å². The van der Waals surface area contributed by atoms with Crippen molar-refractivity contribution in [1.82, 2.24) is 35.6 Å². The molecule has 0 bridgehead atoms. The Labute approximate surface area is 309 Å². The third kappa shape index (κ3) is 10.6. The minimum Gasteiger partial charge on any atom is -0.493 e. The SMILES string of the molecule is CCOc1ccc(C(=O)N2CCCNC(=O)Cn3nc(Cc4ccc(OC)c(OC)c4)nc3[C@@H](C)NC(=O)[C@H]([C@@H](C)CC)NC(=O)CCC2)cc1Cl. The molecule has 3 atom stereocenters. The molecule has 0 saturated carbocycles. The highest BCUT2D eigenvalue weighted by atomic mass is 35.5. The molecule has 0 spiro atoms. The Morgan fingerprint density at radius 3 is 2.40 bits per heavy atom. The van der Waals surface area contributed by atoms with Gasteiger partial charge in [0.1, 0.15) is 24.2 Å². The van der Waals surface area contributed by atoms with E-state index in [4.69, 9.17) is 30.8 Å². The average Bonchev–Trinajstić information content (AvgIpc) is 3.52. The van der Waals surface area contributed by atoms with Gasteiger partial charge in [0, 0.05) is 38.0 Å². The zero-order valence-electron chi connectivity index (χ0n) is 30.8. The Hall–Kier alpha value is -4.85. The van der Waals surface area contributed by atoms with Crippen LogP contribution in [0, 0.1) is 5.92 Å². The summed E-state index contributed by atoms with van der Waals surface area (Å²) in [5.74, 6) is 1.06. The molecule has 0 unspecified atom stereocenters. The molecule has 2 heterocycles. The lowest BCUT2D eigenvalue weighted by molar-refractivity contribution is -0.130. The summed E-state index contributed by atoms with van der Waals surface area (Å²) in [6, 6.07) is 8.95. The molecule has 14 nitrogen and oxygen atoms in total. The Kier molecular flexibility index (Phi) is 14.7. The predicted octanol–water partition coefficient (Wildman–Crippen LogP) is 4.09. The lowest BCUT2D eigenvalue weighted by Crippen LogP contribution is -2.51. The van der Waals surface area contributed by atoms with Gasteiger partial charge in [-0.05, 0) is 68.5 Å². The largest absolute Gasteiger partial charge is 0.493 e. The Morgan fingerprint density at radius 1 is 0.981 bits per heavy atom. The number of carbonyl (C=O) groups is 4. The summed E-state index contributed by atoms with van der Waals surface area (Å²) in [4.78, 5) is 60.2. The van der Waals surface area contributed by atoms with E-state index in [1.54, 1.807) is 50.3 Å². The van der Waals surface area contributed by atoms with Crippen molar-refractivity contribution in [3.05, 3.63) is 64.2 Å². The summed E-state index contributed by atoms with van der Waals surface area (Å²) in [6.07, 6.45) is 1.91. The molecule has 282 valence electrons. The molecule has 1 aliphatic rings. The molecule has 1 aromatic heterocycles. The fraction of sp³-hybridized carbons (Fsp3) is 0.514. The maximum absolute atomic E-state index is 13.7. The zero-order valence-corrected chi connectivity index (χ0v) is 31.5. The van der Waals surface area contributed by atoms with Gasteiger partial charge in [-0.25, -0.2) is 9.67 Å². The molecule has 2 aromatic carbocycles. The van der Waals surface area contributed by atoms with Crippen molar-refractivity contribution in [3.8, 4) is 17.2 Å². The second kappa shape index (κ2) is 19.1. The number of aromatic nitrogens is 3. The van der Waals surface area contributed by atoms with Crippen LogP contribution in [0.25, 0.3) is 0 Å². The van der Waals surface area contributed by atoms with Crippen LogP contribution in [-0.4, -0.2) is 89.8 Å². The van der Waals surface area contributed by atoms with Gasteiger partial charge in [0.15, 0.2) is 17.3 Å². The highest BCUT2D eigenvalue weighted by Gasteiger charge is 2.29. The summed E-state index contributed by atoms with van der Waals surface area (Å²) in [5.41, 5.74) is 1.24. The molecule has 4 rings (SSSR count). The van der Waals surface area contributed by atoms with E-state index in [0.717, 1.165) is 5.56 Å². The number of hydrogen-bond acceptors (Lipinski definition) is 9. The summed E-state index contributed by atoms with van der Waals surface area (Å²) >= 11 is 6.38. The second-order valence-electron chi connectivity index (χ2n) is 12.7. The third-order valence-corrected chi connectivity index (χ3v) is 9.23. The number of methoxy groups -OCH3 is 2. The fourth-order valence-electron chi connectivity index (χ4n) is 5.93. The van der Waals surface area contributed by atoms with Crippen LogP contribution in [0.15, 0.2) is 36.4 Å². The molecule has 1 aliphatic heterocycles. The summed E-state index contributed by atoms with van der Waals surface area (Å²) in [7, 11) is 3.12. The lowest BCUT2D eigenvalue weighted by Gasteiger charge is -2.26. The molecule has 15 heteroatoms. The molecule has 0 aliphatic carbocycles. The van der Waals surface area contributed by atoms with Gasteiger partial charge in [0.25, 0.3) is 5.91 Å². The monoisotopic (exact) mass is 739 g/mol. The first kappa shape index (κ1) is 39.9. The van der Waals surface area contributed by atoms with Crippen molar-refractivity contribution in [3.63, 3.8) is 0 Å². The maximum atomic E-state index is 13.7. The van der Waals surface area contributed by atoms with Crippen molar-refractivity contribution in [1.29, 1.82) is 0 Å². The Morgan fingerprint density at radius 2 is 1.71 bits per heavy atom. The van der Waals surface area contributed by atoms with Crippen molar-refractivity contribution >= 4 is 35.2 Å². The number of nitrogens with zero attached hydrogens (tertiary/aromatic N) is 4. The quantitative estimate of drug-likeness (QED) is 0.293. The number of amides is 4. The van der Waals surface area contributed by atoms with Gasteiger partial charge in [-0.3, -0.25) is 19.2 Å². The maximum Gasteiger partial charge on any atom is 0.253 e. The molecule has 3 aromatic rings. The normalized spacial score (nSPS) is 18.5. The van der Waals surface area contributed by atoms with Crippen LogP contribution in [0.2, 0.25) is 5.02 Å². The van der Waals surface area contributed by atoms with Crippen molar-refractivity contribution in [2.24, 2.45) is 5.92 Å². The number of benzene rings is 2. The summed E-state index contributed by atoms with van der Waals surface area (Å²) in [6.45, 7) is 8.66. The van der Waals surface area contributed by atoms with Crippen LogP contribution in [0.1, 0.15) is 87.0 Å². The van der Waals surface area contributed by atoms with E-state index in [1.165, 1.54) is 4.68 Å². The number of fused-ring (bicyclic) bond motifs is 1. The van der Waals surface area contributed by atoms with Crippen LogP contribution in [0.5, 0.6) is 17.2 Å². The second-order valence-corrected chi connectivity index (χ2v) is 13.2. The van der Waals surface area contributed by atoms with Gasteiger partial charge < -0.3 is 35.1 Å². The van der Waals surface area contributed by atoms with E-state index >= 15 is 0 Å². The lowest BCUT2D eigenvalue weighted by atomic mass is 9.97. The van der Waals surface area contributed by atoms with E-state index in [0.29, 0.717) is 84.9 Å². The highest BCUT2D eigenvalue weighted by Crippen LogP contribution is 2.29. The van der Waals surface area contributed by atoms with Gasteiger partial charge in [0.05, 0.1) is 31.9 Å². The summed E-state index contributed by atoms with van der Waals surface area (Å²) in [5, 5.41) is 13.8. The predicted molar refractivity (Wildman–Crippen MR) is 196 cm³/mol. The number of hydrogen-bond donors (Lipinski definition) is 3. The van der Waals surface area contributed by atoms with Crippen LogP contribution >= 0.6 is 11.6 Å². The number of nitrogens with one attached hydrogen (secondary N) is 3. The van der Waals surface area contributed by atoms with Crippen LogP contribution in [-0.2, 0) is 27.3 Å². The van der Waals surface area contributed by atoms with Crippen molar-refractivity contribution in [2.75, 3.05) is 40.5 Å². The van der Waals surface area contributed by atoms with Gasteiger partial charge in [-0.15, -0.1) is 0 Å². The molecule has 0 fully saturated rings. The first-order valence-corrected chi connectivity index (χ1v) is 18.1. The Balaban J connectivity index is 1.59. The number of halogens is 1. The molecular weight excluding hydrogens is 690 g/mol. The highest BCUT2D eigenvalue weighted by molar-refractivity contribution is 6.32. The van der Waals surface area contributed by atoms with E-state index in [-0.39, 0.29) is 49.1 Å². The van der Waals surface area contributed by atoms with E-state index < -0.39 is 12.1 Å². The molecule has 3 N–H and O–H groups in total. The van der Waals surface area contributed by atoms with E-state index in [2.05, 4.69) is 21.0 Å². The first-order chi connectivity index (χ1) is 25.0. The van der Waals surface area contributed by atoms with E-state index in [9.17, 15) is 19.2 Å². The van der Waals surface area contributed by atoms with Gasteiger partial charge >= 0.3 is 0 Å². The van der Waals surface area contributed by atoms with Gasteiger partial charge in [-0.2, -0.15) is 5.10 Å². The number of carbonyl (C=O) groups excluding carboxylic acids is 4. The van der Waals surface area contributed by atoms with Crippen LogP contribution in [0.4, 0.5) is 0 Å². The third-order valence-electron chi connectivity index (χ3n) is 8.93. The minimum absolute atomic E-state index is 0.105.